The molecule has 1 aliphatic carbocycles. The molecule has 0 aromatic heterocycles. The van der Waals surface area contributed by atoms with E-state index in [4.69, 9.17) is 9.47 Å². The SMILES string of the molecule is CCC[C@@H](CC(=O)O)c1cccc(OCc2ccc(-c3cc(OC)ccc3F)c([C@@H]3CCC[C@@H]3C)c2)c1. The lowest BCUT2D eigenvalue weighted by atomic mass is 9.84. The van der Waals surface area contributed by atoms with Gasteiger partial charge < -0.3 is 14.6 Å². The molecule has 1 fully saturated rings. The zero-order valence-electron chi connectivity index (χ0n) is 22.0. The van der Waals surface area contributed by atoms with Gasteiger partial charge >= 0.3 is 5.97 Å². The van der Waals surface area contributed by atoms with Crippen LogP contribution in [0.1, 0.15) is 80.9 Å². The minimum atomic E-state index is -0.786. The van der Waals surface area contributed by atoms with Crippen LogP contribution in [-0.4, -0.2) is 18.2 Å². The predicted octanol–water partition coefficient (Wildman–Crippen LogP) is 8.34. The zero-order chi connectivity index (χ0) is 26.4. The molecule has 4 nitrogen and oxygen atoms in total. The van der Waals surface area contributed by atoms with E-state index in [0.29, 0.717) is 29.8 Å². The van der Waals surface area contributed by atoms with Gasteiger partial charge in [-0.15, -0.1) is 0 Å². The number of carbonyl (C=O) groups is 1. The van der Waals surface area contributed by atoms with Gasteiger partial charge in [0.05, 0.1) is 13.5 Å². The molecule has 0 spiro atoms. The van der Waals surface area contributed by atoms with Crippen LogP contribution in [0.25, 0.3) is 11.1 Å². The number of hydrogen-bond acceptors (Lipinski definition) is 3. The summed E-state index contributed by atoms with van der Waals surface area (Å²) >= 11 is 0. The van der Waals surface area contributed by atoms with Crippen molar-refractivity contribution in [3.05, 3.63) is 83.2 Å². The number of carboxylic acids is 1. The topological polar surface area (TPSA) is 55.8 Å². The lowest BCUT2D eigenvalue weighted by Gasteiger charge is -2.22. The molecule has 0 amide bonds. The number of halogens is 1. The summed E-state index contributed by atoms with van der Waals surface area (Å²) in [7, 11) is 1.60. The molecule has 5 heteroatoms. The lowest BCUT2D eigenvalue weighted by molar-refractivity contribution is -0.137. The second kappa shape index (κ2) is 12.3. The van der Waals surface area contributed by atoms with Crippen molar-refractivity contribution < 1.29 is 23.8 Å². The normalized spacial score (nSPS) is 17.9. The van der Waals surface area contributed by atoms with Crippen LogP contribution in [0.4, 0.5) is 4.39 Å². The molecule has 3 atom stereocenters. The van der Waals surface area contributed by atoms with Crippen molar-refractivity contribution in [2.45, 2.75) is 70.8 Å². The fraction of sp³-hybridized carbons (Fsp3) is 0.406. The van der Waals surface area contributed by atoms with Gasteiger partial charge in [0.15, 0.2) is 0 Å². The quantitative estimate of drug-likeness (QED) is 0.285. The van der Waals surface area contributed by atoms with Crippen molar-refractivity contribution in [3.63, 3.8) is 0 Å². The fourth-order valence-electron chi connectivity index (χ4n) is 5.67. The Morgan fingerprint density at radius 1 is 1.05 bits per heavy atom. The van der Waals surface area contributed by atoms with Crippen molar-refractivity contribution in [1.82, 2.24) is 0 Å². The third-order valence-corrected chi connectivity index (χ3v) is 7.63. The van der Waals surface area contributed by atoms with Crippen LogP contribution in [0.5, 0.6) is 11.5 Å². The monoisotopic (exact) mass is 504 g/mol. The summed E-state index contributed by atoms with van der Waals surface area (Å²) < 4.78 is 26.5. The Hall–Kier alpha value is -3.34. The maximum Gasteiger partial charge on any atom is 0.303 e. The Kier molecular flexibility index (Phi) is 8.86. The third-order valence-electron chi connectivity index (χ3n) is 7.63. The molecule has 0 radical (unpaired) electrons. The summed E-state index contributed by atoms with van der Waals surface area (Å²) in [5.74, 6) is 1.20. The maximum absolute atomic E-state index is 14.9. The fourth-order valence-corrected chi connectivity index (χ4v) is 5.67. The van der Waals surface area contributed by atoms with Crippen molar-refractivity contribution in [3.8, 4) is 22.6 Å². The molecule has 4 rings (SSSR count). The molecule has 1 saturated carbocycles. The van der Waals surface area contributed by atoms with Gasteiger partial charge in [-0.1, -0.05) is 63.4 Å². The Bertz CT molecular complexity index is 1220. The molecule has 0 bridgehead atoms. The van der Waals surface area contributed by atoms with Gasteiger partial charge in [0.1, 0.15) is 23.9 Å². The number of rotatable bonds is 11. The molecular formula is C32H37FO4. The highest BCUT2D eigenvalue weighted by atomic mass is 19.1. The van der Waals surface area contributed by atoms with Gasteiger partial charge in [-0.05, 0) is 83.2 Å². The second-order valence-corrected chi connectivity index (χ2v) is 10.2. The van der Waals surface area contributed by atoms with Crippen LogP contribution in [-0.2, 0) is 11.4 Å². The van der Waals surface area contributed by atoms with Gasteiger partial charge in [0, 0.05) is 5.56 Å². The molecule has 1 aliphatic rings. The highest BCUT2D eigenvalue weighted by molar-refractivity contribution is 5.71. The first-order chi connectivity index (χ1) is 17.9. The summed E-state index contributed by atoms with van der Waals surface area (Å²) in [5.41, 5.74) is 4.66. The van der Waals surface area contributed by atoms with E-state index in [1.54, 1.807) is 19.2 Å². The summed E-state index contributed by atoms with van der Waals surface area (Å²) in [4.78, 5) is 11.3. The molecule has 0 unspecified atom stereocenters. The van der Waals surface area contributed by atoms with Gasteiger partial charge in [-0.2, -0.15) is 0 Å². The van der Waals surface area contributed by atoms with E-state index in [2.05, 4.69) is 19.9 Å². The van der Waals surface area contributed by atoms with Crippen LogP contribution in [0.3, 0.4) is 0 Å². The first kappa shape index (κ1) is 26.7. The number of benzene rings is 3. The van der Waals surface area contributed by atoms with Crippen molar-refractivity contribution in [2.75, 3.05) is 7.11 Å². The Labute approximate surface area is 219 Å². The minimum absolute atomic E-state index is 0.0291. The number of hydrogen-bond donors (Lipinski definition) is 1. The Morgan fingerprint density at radius 3 is 2.59 bits per heavy atom. The molecule has 1 N–H and O–H groups in total. The molecule has 0 heterocycles. The van der Waals surface area contributed by atoms with E-state index in [9.17, 15) is 14.3 Å². The van der Waals surface area contributed by atoms with E-state index in [1.165, 1.54) is 18.9 Å². The van der Waals surface area contributed by atoms with E-state index in [1.807, 2.05) is 36.4 Å². The Balaban J connectivity index is 1.60. The van der Waals surface area contributed by atoms with Crippen LogP contribution in [0.2, 0.25) is 0 Å². The first-order valence-corrected chi connectivity index (χ1v) is 13.3. The minimum Gasteiger partial charge on any atom is -0.497 e. The molecule has 0 saturated heterocycles. The van der Waals surface area contributed by atoms with Crippen LogP contribution >= 0.6 is 0 Å². The van der Waals surface area contributed by atoms with E-state index in [0.717, 1.165) is 47.3 Å². The van der Waals surface area contributed by atoms with Crippen molar-refractivity contribution in [1.29, 1.82) is 0 Å². The molecule has 3 aromatic carbocycles. The number of carboxylic acid groups (broad SMARTS) is 1. The number of aliphatic carboxylic acids is 1. The Morgan fingerprint density at radius 2 is 1.89 bits per heavy atom. The average molecular weight is 505 g/mol. The van der Waals surface area contributed by atoms with Crippen LogP contribution in [0, 0.1) is 11.7 Å². The summed E-state index contributed by atoms with van der Waals surface area (Å²) in [5, 5.41) is 9.32. The molecule has 0 aliphatic heterocycles. The molecule has 3 aromatic rings. The van der Waals surface area contributed by atoms with Gasteiger partial charge in [0.2, 0.25) is 0 Å². The van der Waals surface area contributed by atoms with Crippen LogP contribution in [0.15, 0.2) is 60.7 Å². The van der Waals surface area contributed by atoms with Crippen LogP contribution < -0.4 is 9.47 Å². The molecule has 37 heavy (non-hydrogen) atoms. The molecule has 196 valence electrons. The smallest absolute Gasteiger partial charge is 0.303 e. The van der Waals surface area contributed by atoms with E-state index >= 15 is 0 Å². The number of methoxy groups -OCH3 is 1. The highest BCUT2D eigenvalue weighted by Crippen LogP contribution is 2.44. The summed E-state index contributed by atoms with van der Waals surface area (Å²) in [6, 6.07) is 18.9. The first-order valence-electron chi connectivity index (χ1n) is 13.3. The van der Waals surface area contributed by atoms with E-state index < -0.39 is 5.97 Å². The average Bonchev–Trinajstić information content (AvgIpc) is 3.33. The van der Waals surface area contributed by atoms with Gasteiger partial charge in [-0.3, -0.25) is 4.79 Å². The highest BCUT2D eigenvalue weighted by Gasteiger charge is 2.28. The van der Waals surface area contributed by atoms with E-state index in [-0.39, 0.29) is 18.2 Å². The van der Waals surface area contributed by atoms with Gasteiger partial charge in [-0.25, -0.2) is 4.39 Å². The van der Waals surface area contributed by atoms with Gasteiger partial charge in [0.25, 0.3) is 0 Å². The second-order valence-electron chi connectivity index (χ2n) is 10.2. The molecular weight excluding hydrogens is 467 g/mol. The largest absolute Gasteiger partial charge is 0.497 e. The number of ether oxygens (including phenoxy) is 2. The summed E-state index contributed by atoms with van der Waals surface area (Å²) in [6.07, 6.45) is 5.30. The zero-order valence-corrected chi connectivity index (χ0v) is 22.0. The lowest BCUT2D eigenvalue weighted by Crippen LogP contribution is -2.07. The van der Waals surface area contributed by atoms with Crippen molar-refractivity contribution >= 4 is 5.97 Å². The third kappa shape index (κ3) is 6.51. The predicted molar refractivity (Wildman–Crippen MR) is 145 cm³/mol. The maximum atomic E-state index is 14.9. The van der Waals surface area contributed by atoms with Crippen molar-refractivity contribution in [2.24, 2.45) is 5.92 Å². The standard InChI is InChI=1S/C32H37FO4/c1-4-7-23(18-32(34)35)24-9-6-10-26(17-24)37-20-22-12-14-28(29(16-22)27-11-5-8-21(27)2)30-19-25(36-3)13-15-31(30)33/h6,9-10,12-17,19,21,23,27H,4-5,7-8,11,18,20H2,1-3H3,(H,34,35)/t21-,23-,27+/m0/s1. The summed E-state index contributed by atoms with van der Waals surface area (Å²) in [6.45, 7) is 4.73.